The van der Waals surface area contributed by atoms with Crippen molar-refractivity contribution in [2.45, 2.75) is 45.1 Å². The SMILES string of the molecule is CCOC(=O)[C@@H]1CN(C2CCCCC2)C(=O)/C1=N/O. The Labute approximate surface area is 112 Å². The van der Waals surface area contributed by atoms with Gasteiger partial charge in [0, 0.05) is 12.6 Å². The first-order valence-corrected chi connectivity index (χ1v) is 6.88. The molecule has 6 heteroatoms. The second kappa shape index (κ2) is 6.04. The van der Waals surface area contributed by atoms with E-state index < -0.39 is 11.9 Å². The van der Waals surface area contributed by atoms with Crippen LogP contribution in [0, 0.1) is 5.92 Å². The molecule has 0 aromatic heterocycles. The summed E-state index contributed by atoms with van der Waals surface area (Å²) in [5.74, 6) is -1.56. The number of esters is 1. The van der Waals surface area contributed by atoms with Gasteiger partial charge in [0.05, 0.1) is 6.61 Å². The predicted molar refractivity (Wildman–Crippen MR) is 67.9 cm³/mol. The lowest BCUT2D eigenvalue weighted by atomic mass is 9.94. The largest absolute Gasteiger partial charge is 0.465 e. The molecular weight excluding hydrogens is 248 g/mol. The summed E-state index contributed by atoms with van der Waals surface area (Å²) in [7, 11) is 0. The molecule has 19 heavy (non-hydrogen) atoms. The number of carbonyl (C=O) groups excluding carboxylic acids is 2. The Hall–Kier alpha value is -1.59. The van der Waals surface area contributed by atoms with E-state index in [-0.39, 0.29) is 30.8 Å². The van der Waals surface area contributed by atoms with Gasteiger partial charge in [-0.05, 0) is 19.8 Å². The average molecular weight is 268 g/mol. The summed E-state index contributed by atoms with van der Waals surface area (Å²) in [6, 6.07) is 0.164. The maximum Gasteiger partial charge on any atom is 0.317 e. The van der Waals surface area contributed by atoms with Crippen molar-refractivity contribution in [3.8, 4) is 0 Å². The summed E-state index contributed by atoms with van der Waals surface area (Å²) in [5.41, 5.74) is -0.0796. The molecule has 1 heterocycles. The van der Waals surface area contributed by atoms with Crippen molar-refractivity contribution in [3.63, 3.8) is 0 Å². The van der Waals surface area contributed by atoms with E-state index in [1.165, 1.54) is 6.42 Å². The van der Waals surface area contributed by atoms with E-state index in [1.54, 1.807) is 11.8 Å². The number of oxime groups is 1. The molecule has 0 radical (unpaired) electrons. The lowest BCUT2D eigenvalue weighted by Gasteiger charge is -2.30. The second-order valence-corrected chi connectivity index (χ2v) is 5.04. The van der Waals surface area contributed by atoms with Gasteiger partial charge >= 0.3 is 5.97 Å². The van der Waals surface area contributed by atoms with Crippen LogP contribution in [0.5, 0.6) is 0 Å². The van der Waals surface area contributed by atoms with E-state index in [1.807, 2.05) is 0 Å². The van der Waals surface area contributed by atoms with Crippen LogP contribution in [0.2, 0.25) is 0 Å². The number of likely N-dealkylation sites (tertiary alicyclic amines) is 1. The minimum absolute atomic E-state index is 0.0796. The van der Waals surface area contributed by atoms with Crippen LogP contribution in [-0.4, -0.2) is 46.9 Å². The van der Waals surface area contributed by atoms with Crippen molar-refractivity contribution in [2.75, 3.05) is 13.2 Å². The molecule has 1 saturated heterocycles. The lowest BCUT2D eigenvalue weighted by Crippen LogP contribution is -2.39. The predicted octanol–water partition coefficient (Wildman–Crippen LogP) is 1.17. The maximum absolute atomic E-state index is 12.2. The molecule has 6 nitrogen and oxygen atoms in total. The minimum Gasteiger partial charge on any atom is -0.465 e. The highest BCUT2D eigenvalue weighted by Crippen LogP contribution is 2.28. The van der Waals surface area contributed by atoms with E-state index in [0.717, 1.165) is 25.7 Å². The minimum atomic E-state index is -0.751. The van der Waals surface area contributed by atoms with Crippen LogP contribution in [0.1, 0.15) is 39.0 Å². The maximum atomic E-state index is 12.2. The molecule has 1 atom stereocenters. The fourth-order valence-corrected chi connectivity index (χ4v) is 2.91. The highest BCUT2D eigenvalue weighted by molar-refractivity contribution is 6.44. The first-order valence-electron chi connectivity index (χ1n) is 6.88. The van der Waals surface area contributed by atoms with Crippen LogP contribution in [0.25, 0.3) is 0 Å². The second-order valence-electron chi connectivity index (χ2n) is 5.04. The normalized spacial score (nSPS) is 27.0. The summed E-state index contributed by atoms with van der Waals surface area (Å²) in [6.07, 6.45) is 5.31. The van der Waals surface area contributed by atoms with Crippen molar-refractivity contribution >= 4 is 17.6 Å². The van der Waals surface area contributed by atoms with E-state index in [4.69, 9.17) is 9.94 Å². The third-order valence-electron chi connectivity index (χ3n) is 3.88. The van der Waals surface area contributed by atoms with Crippen LogP contribution < -0.4 is 0 Å². The smallest absolute Gasteiger partial charge is 0.317 e. The summed E-state index contributed by atoms with van der Waals surface area (Å²) in [5, 5.41) is 12.0. The van der Waals surface area contributed by atoms with Gasteiger partial charge in [0.1, 0.15) is 5.92 Å². The highest BCUT2D eigenvalue weighted by Gasteiger charge is 2.45. The molecule has 106 valence electrons. The molecule has 1 aliphatic heterocycles. The molecular formula is C13H20N2O4. The van der Waals surface area contributed by atoms with Crippen LogP contribution in [0.4, 0.5) is 0 Å². The molecule has 1 N–H and O–H groups in total. The fraction of sp³-hybridized carbons (Fsp3) is 0.769. The Balaban J connectivity index is 2.11. The summed E-state index contributed by atoms with van der Waals surface area (Å²) < 4.78 is 4.93. The van der Waals surface area contributed by atoms with Gasteiger partial charge in [-0.15, -0.1) is 0 Å². The van der Waals surface area contributed by atoms with Gasteiger partial charge in [-0.1, -0.05) is 24.4 Å². The summed E-state index contributed by atoms with van der Waals surface area (Å²) in [6.45, 7) is 2.25. The molecule has 0 unspecified atom stereocenters. The molecule has 1 saturated carbocycles. The van der Waals surface area contributed by atoms with E-state index in [2.05, 4.69) is 5.16 Å². The molecule has 1 aliphatic carbocycles. The van der Waals surface area contributed by atoms with Crippen molar-refractivity contribution < 1.29 is 19.5 Å². The van der Waals surface area contributed by atoms with Gasteiger partial charge in [-0.3, -0.25) is 9.59 Å². The Bertz CT molecular complexity index is 388. The zero-order valence-corrected chi connectivity index (χ0v) is 11.2. The number of rotatable bonds is 3. The van der Waals surface area contributed by atoms with Crippen LogP contribution in [-0.2, 0) is 14.3 Å². The average Bonchev–Trinajstić information content (AvgIpc) is 2.77. The topological polar surface area (TPSA) is 79.2 Å². The molecule has 2 rings (SSSR count). The van der Waals surface area contributed by atoms with E-state index in [9.17, 15) is 9.59 Å². The Morgan fingerprint density at radius 2 is 2.11 bits per heavy atom. The van der Waals surface area contributed by atoms with Gasteiger partial charge in [0.15, 0.2) is 5.71 Å². The Morgan fingerprint density at radius 3 is 2.68 bits per heavy atom. The Morgan fingerprint density at radius 1 is 1.42 bits per heavy atom. The van der Waals surface area contributed by atoms with Crippen molar-refractivity contribution in [2.24, 2.45) is 11.1 Å². The lowest BCUT2D eigenvalue weighted by molar-refractivity contribution is -0.145. The first kappa shape index (κ1) is 13.8. The zero-order chi connectivity index (χ0) is 13.8. The number of nitrogens with zero attached hydrogens (tertiary/aromatic N) is 2. The molecule has 0 aromatic carbocycles. The van der Waals surface area contributed by atoms with E-state index >= 15 is 0 Å². The summed E-state index contributed by atoms with van der Waals surface area (Å²) >= 11 is 0. The van der Waals surface area contributed by atoms with Crippen LogP contribution in [0.15, 0.2) is 5.16 Å². The standard InChI is InChI=1S/C13H20N2O4/c1-2-19-13(17)10-8-15(12(16)11(10)14-18)9-6-4-3-5-7-9/h9-10,18H,2-8H2,1H3/b14-11+/t10-/m1/s1. The van der Waals surface area contributed by atoms with Crippen LogP contribution >= 0.6 is 0 Å². The first-order chi connectivity index (χ1) is 9.19. The number of carbonyl (C=O) groups is 2. The number of hydrogen-bond donors (Lipinski definition) is 1. The van der Waals surface area contributed by atoms with E-state index in [0.29, 0.717) is 0 Å². The highest BCUT2D eigenvalue weighted by atomic mass is 16.5. The summed E-state index contributed by atoms with van der Waals surface area (Å²) in [4.78, 5) is 25.7. The number of hydrogen-bond acceptors (Lipinski definition) is 5. The molecule has 0 aromatic rings. The molecule has 1 amide bonds. The Kier molecular flexibility index (Phi) is 4.39. The van der Waals surface area contributed by atoms with Gasteiger partial charge in [0.2, 0.25) is 0 Å². The molecule has 0 spiro atoms. The fourth-order valence-electron chi connectivity index (χ4n) is 2.91. The molecule has 2 aliphatic rings. The number of amides is 1. The molecule has 0 bridgehead atoms. The van der Waals surface area contributed by atoms with Crippen molar-refractivity contribution in [3.05, 3.63) is 0 Å². The van der Waals surface area contributed by atoms with Crippen molar-refractivity contribution in [1.82, 2.24) is 4.90 Å². The number of ether oxygens (including phenoxy) is 1. The monoisotopic (exact) mass is 268 g/mol. The van der Waals surface area contributed by atoms with Crippen LogP contribution in [0.3, 0.4) is 0 Å². The van der Waals surface area contributed by atoms with Gasteiger partial charge in [-0.25, -0.2) is 0 Å². The van der Waals surface area contributed by atoms with Crippen molar-refractivity contribution in [1.29, 1.82) is 0 Å². The third-order valence-corrected chi connectivity index (χ3v) is 3.88. The van der Waals surface area contributed by atoms with Gasteiger partial charge in [-0.2, -0.15) is 0 Å². The third kappa shape index (κ3) is 2.72. The van der Waals surface area contributed by atoms with Gasteiger partial charge in [0.25, 0.3) is 5.91 Å². The quantitative estimate of drug-likeness (QED) is 0.473. The molecule has 2 fully saturated rings. The van der Waals surface area contributed by atoms with Gasteiger partial charge < -0.3 is 14.8 Å². The zero-order valence-electron chi connectivity index (χ0n) is 11.2.